The fourth-order valence-corrected chi connectivity index (χ4v) is 2.16. The summed E-state index contributed by atoms with van der Waals surface area (Å²) in [6, 6.07) is 15.2. The fraction of sp³-hybridized carbons (Fsp3) is 0.0714. The summed E-state index contributed by atoms with van der Waals surface area (Å²) in [5.41, 5.74) is 1.51. The summed E-state index contributed by atoms with van der Waals surface area (Å²) in [5.74, 6) is 0. The van der Waals surface area contributed by atoms with Gasteiger partial charge in [0.25, 0.3) is 0 Å². The van der Waals surface area contributed by atoms with E-state index < -0.39 is 0 Å². The second kappa shape index (κ2) is 6.07. The highest BCUT2D eigenvalue weighted by atomic mass is 79.9. The van der Waals surface area contributed by atoms with Gasteiger partial charge in [-0.2, -0.15) is 4.74 Å². The van der Waals surface area contributed by atoms with Gasteiger partial charge in [0.1, 0.15) is 0 Å². The van der Waals surface area contributed by atoms with E-state index in [4.69, 9.17) is 0 Å². The van der Waals surface area contributed by atoms with Crippen molar-refractivity contribution in [2.24, 2.45) is 0 Å². The van der Waals surface area contributed by atoms with E-state index in [0.717, 1.165) is 14.8 Å². The number of hydrogen-bond donors (Lipinski definition) is 0. The summed E-state index contributed by atoms with van der Waals surface area (Å²) in [4.78, 5) is 1.19. The van der Waals surface area contributed by atoms with Crippen LogP contribution in [0, 0.1) is 5.21 Å². The van der Waals surface area contributed by atoms with Crippen molar-refractivity contribution in [2.45, 2.75) is 4.90 Å². The van der Waals surface area contributed by atoms with E-state index in [0.29, 0.717) is 5.69 Å². The van der Waals surface area contributed by atoms with Gasteiger partial charge in [-0.25, -0.2) is 0 Å². The normalized spacial score (nSPS) is 11.6. The fourth-order valence-electron chi connectivity index (χ4n) is 1.49. The maximum absolute atomic E-state index is 11.9. The monoisotopic (exact) mass is 321 g/mol. The molecular formula is C14H12BrNOS. The zero-order chi connectivity index (χ0) is 13.0. The third-order valence-electron chi connectivity index (χ3n) is 2.46. The first kappa shape index (κ1) is 13.2. The molecule has 0 bridgehead atoms. The molecule has 4 heteroatoms. The lowest BCUT2D eigenvalue weighted by Crippen LogP contribution is -1.98. The van der Waals surface area contributed by atoms with Crippen LogP contribution in [-0.2, 0) is 0 Å². The molecule has 0 saturated heterocycles. The van der Waals surface area contributed by atoms with Crippen LogP contribution in [-0.4, -0.2) is 17.2 Å². The Balaban J connectivity index is 2.23. The first-order chi connectivity index (χ1) is 8.69. The van der Waals surface area contributed by atoms with Crippen LogP contribution in [0.15, 0.2) is 57.9 Å². The number of thioether (sulfide) groups is 1. The van der Waals surface area contributed by atoms with Gasteiger partial charge >= 0.3 is 0 Å². The maximum Gasteiger partial charge on any atom is 0.216 e. The first-order valence-corrected chi connectivity index (χ1v) is 7.41. The summed E-state index contributed by atoms with van der Waals surface area (Å²) >= 11 is 5.03. The van der Waals surface area contributed by atoms with Crippen molar-refractivity contribution < 1.29 is 4.74 Å². The minimum atomic E-state index is 0.618. The quantitative estimate of drug-likeness (QED) is 0.275. The summed E-state index contributed by atoms with van der Waals surface area (Å²) in [5, 5.41) is 11.9. The van der Waals surface area contributed by atoms with Gasteiger partial charge in [0.2, 0.25) is 5.69 Å². The molecule has 2 nitrogen and oxygen atoms in total. The molecule has 0 atom stereocenters. The Hall–Kier alpha value is -1.26. The molecular weight excluding hydrogens is 310 g/mol. The van der Waals surface area contributed by atoms with Gasteiger partial charge in [-0.15, -0.1) is 11.8 Å². The minimum absolute atomic E-state index is 0.618. The van der Waals surface area contributed by atoms with Gasteiger partial charge in [0.05, 0.1) is 0 Å². The molecule has 0 heterocycles. The van der Waals surface area contributed by atoms with Gasteiger partial charge in [-0.1, -0.05) is 15.9 Å². The molecule has 0 unspecified atom stereocenters. The third kappa shape index (κ3) is 3.37. The molecule has 2 aromatic carbocycles. The molecule has 0 aliphatic rings. The summed E-state index contributed by atoms with van der Waals surface area (Å²) < 4.78 is 1.84. The Kier molecular flexibility index (Phi) is 4.44. The molecule has 0 aliphatic heterocycles. The summed E-state index contributed by atoms with van der Waals surface area (Å²) in [7, 11) is 0. The van der Waals surface area contributed by atoms with Gasteiger partial charge < -0.3 is 5.21 Å². The number of benzene rings is 2. The number of hydrogen-bond acceptors (Lipinski definition) is 2. The highest BCUT2D eigenvalue weighted by Gasteiger charge is 2.01. The Bertz CT molecular complexity index is 549. The average molecular weight is 322 g/mol. The zero-order valence-corrected chi connectivity index (χ0v) is 12.2. The van der Waals surface area contributed by atoms with E-state index in [-0.39, 0.29) is 0 Å². The van der Waals surface area contributed by atoms with Crippen LogP contribution >= 0.6 is 27.7 Å². The summed E-state index contributed by atoms with van der Waals surface area (Å²) in [6.45, 7) is 0. The predicted octanol–water partition coefficient (Wildman–Crippen LogP) is 4.43. The lowest BCUT2D eigenvalue weighted by molar-refractivity contribution is -0.354. The molecule has 92 valence electrons. The van der Waals surface area contributed by atoms with E-state index in [1.807, 2.05) is 42.7 Å². The Morgan fingerprint density at radius 1 is 1.06 bits per heavy atom. The molecule has 2 rings (SSSR count). The standard InChI is InChI=1S/C14H12BrNOS/c1-18-14-8-2-11(3-9-14)10-16(17)13-6-4-12(15)5-7-13/h2-10H,1H3. The van der Waals surface area contributed by atoms with E-state index in [2.05, 4.69) is 15.9 Å². The maximum atomic E-state index is 11.9. The predicted molar refractivity (Wildman–Crippen MR) is 80.8 cm³/mol. The average Bonchev–Trinajstić information content (AvgIpc) is 2.40. The van der Waals surface area contributed by atoms with Crippen molar-refractivity contribution in [3.63, 3.8) is 0 Å². The third-order valence-corrected chi connectivity index (χ3v) is 3.74. The van der Waals surface area contributed by atoms with Gasteiger partial charge in [0.15, 0.2) is 6.21 Å². The van der Waals surface area contributed by atoms with Crippen LogP contribution in [0.2, 0.25) is 0 Å². The van der Waals surface area contributed by atoms with E-state index >= 15 is 0 Å². The smallest absolute Gasteiger partial charge is 0.216 e. The molecule has 0 saturated carbocycles. The highest BCUT2D eigenvalue weighted by Crippen LogP contribution is 2.17. The van der Waals surface area contributed by atoms with Crippen LogP contribution in [0.25, 0.3) is 0 Å². The van der Waals surface area contributed by atoms with Crippen LogP contribution in [0.5, 0.6) is 0 Å². The van der Waals surface area contributed by atoms with E-state index in [9.17, 15) is 5.21 Å². The van der Waals surface area contributed by atoms with Crippen molar-refractivity contribution in [3.05, 3.63) is 63.8 Å². The topological polar surface area (TPSA) is 26.1 Å². The lowest BCUT2D eigenvalue weighted by Gasteiger charge is -2.03. The van der Waals surface area contributed by atoms with Crippen LogP contribution in [0.1, 0.15) is 5.56 Å². The van der Waals surface area contributed by atoms with Gasteiger partial charge in [-0.3, -0.25) is 0 Å². The second-order valence-corrected chi connectivity index (χ2v) is 5.50. The largest absolute Gasteiger partial charge is 0.618 e. The number of nitrogens with zero attached hydrogens (tertiary/aromatic N) is 1. The Morgan fingerprint density at radius 2 is 1.67 bits per heavy atom. The molecule has 0 aliphatic carbocycles. The molecule has 0 N–H and O–H groups in total. The SMILES string of the molecule is CSc1ccc(C=[N+]([O-])c2ccc(Br)cc2)cc1. The lowest BCUT2D eigenvalue weighted by atomic mass is 10.2. The summed E-state index contributed by atoms with van der Waals surface area (Å²) in [6.07, 6.45) is 3.60. The molecule has 0 fully saturated rings. The first-order valence-electron chi connectivity index (χ1n) is 5.40. The molecule has 0 aromatic heterocycles. The molecule has 0 radical (unpaired) electrons. The van der Waals surface area contributed by atoms with Crippen molar-refractivity contribution in [3.8, 4) is 0 Å². The van der Waals surface area contributed by atoms with E-state index in [1.54, 1.807) is 30.1 Å². The van der Waals surface area contributed by atoms with Crippen LogP contribution in [0.4, 0.5) is 5.69 Å². The van der Waals surface area contributed by atoms with Crippen molar-refractivity contribution >= 4 is 39.6 Å². The van der Waals surface area contributed by atoms with Crippen molar-refractivity contribution in [2.75, 3.05) is 6.26 Å². The van der Waals surface area contributed by atoms with Crippen LogP contribution < -0.4 is 0 Å². The van der Waals surface area contributed by atoms with E-state index in [1.165, 1.54) is 4.90 Å². The molecule has 0 amide bonds. The Morgan fingerprint density at radius 3 is 2.22 bits per heavy atom. The zero-order valence-electron chi connectivity index (χ0n) is 9.84. The number of rotatable bonds is 3. The van der Waals surface area contributed by atoms with Gasteiger partial charge in [-0.05, 0) is 42.7 Å². The van der Waals surface area contributed by atoms with Crippen LogP contribution in [0.3, 0.4) is 0 Å². The second-order valence-electron chi connectivity index (χ2n) is 3.70. The molecule has 2 aromatic rings. The van der Waals surface area contributed by atoms with Crippen molar-refractivity contribution in [1.82, 2.24) is 0 Å². The van der Waals surface area contributed by atoms with Gasteiger partial charge in [0, 0.05) is 27.1 Å². The highest BCUT2D eigenvalue weighted by molar-refractivity contribution is 9.10. The molecule has 18 heavy (non-hydrogen) atoms. The molecule has 0 spiro atoms. The minimum Gasteiger partial charge on any atom is -0.618 e. The Labute approximate surface area is 119 Å². The number of halogens is 1. The van der Waals surface area contributed by atoms with Crippen molar-refractivity contribution in [1.29, 1.82) is 0 Å².